The van der Waals surface area contributed by atoms with Crippen LogP contribution in [0.4, 0.5) is 0 Å². The van der Waals surface area contributed by atoms with E-state index in [2.05, 4.69) is 15.0 Å². The van der Waals surface area contributed by atoms with Gasteiger partial charge in [0.15, 0.2) is 11.6 Å². The Hall–Kier alpha value is -1.73. The van der Waals surface area contributed by atoms with Crippen molar-refractivity contribution in [2.45, 2.75) is 0 Å². The first-order valence-corrected chi connectivity index (χ1v) is 11.0. The Bertz CT molecular complexity index is 1140. The molecule has 0 bridgehead atoms. The van der Waals surface area contributed by atoms with E-state index in [0.29, 0.717) is 32.7 Å². The second kappa shape index (κ2) is 10.9. The quantitative estimate of drug-likeness (QED) is 0.313. The topological polar surface area (TPSA) is 57.1 Å². The summed E-state index contributed by atoms with van der Waals surface area (Å²) >= 11 is 38.4. The van der Waals surface area contributed by atoms with Crippen molar-refractivity contribution in [3.05, 3.63) is 75.5 Å². The average Bonchev–Trinajstić information content (AvgIpc) is 2.82. The number of methoxy groups -OCH3 is 2. The van der Waals surface area contributed by atoms with Crippen LogP contribution in [-0.2, 0) is 0 Å². The molecule has 0 N–H and O–H groups in total. The van der Waals surface area contributed by atoms with Gasteiger partial charge in [-0.05, 0) is 36.4 Å². The van der Waals surface area contributed by atoms with Gasteiger partial charge in [-0.15, -0.1) is 0 Å². The molecule has 2 aromatic carbocycles. The highest BCUT2D eigenvalue weighted by Gasteiger charge is 2.18. The molecule has 0 spiro atoms. The molecular formula is C21H13Cl6N3O2. The highest BCUT2D eigenvalue weighted by Crippen LogP contribution is 2.38. The summed E-state index contributed by atoms with van der Waals surface area (Å²) in [6, 6.07) is 9.96. The molecule has 0 fully saturated rings. The largest absolute Gasteiger partial charge is 0.497 e. The Balaban J connectivity index is 2.02. The van der Waals surface area contributed by atoms with Gasteiger partial charge in [-0.3, -0.25) is 0 Å². The summed E-state index contributed by atoms with van der Waals surface area (Å²) in [6.07, 6.45) is 1.24. The third-order valence-electron chi connectivity index (χ3n) is 4.18. The van der Waals surface area contributed by atoms with Gasteiger partial charge >= 0.3 is 0 Å². The van der Waals surface area contributed by atoms with Gasteiger partial charge in [0.2, 0.25) is 0 Å². The number of halogens is 6. The van der Waals surface area contributed by atoms with Gasteiger partial charge < -0.3 is 9.47 Å². The lowest BCUT2D eigenvalue weighted by molar-refractivity contribution is 0.414. The Labute approximate surface area is 214 Å². The zero-order chi connectivity index (χ0) is 23.4. The predicted octanol–water partition coefficient (Wildman–Crippen LogP) is 7.80. The highest BCUT2D eigenvalue weighted by atomic mass is 35.5. The van der Waals surface area contributed by atoms with E-state index >= 15 is 0 Å². The molecule has 32 heavy (non-hydrogen) atoms. The summed E-state index contributed by atoms with van der Waals surface area (Å²) in [5.41, 5.74) is 0.955. The molecule has 0 aliphatic heterocycles. The van der Waals surface area contributed by atoms with Crippen LogP contribution in [0.5, 0.6) is 11.5 Å². The summed E-state index contributed by atoms with van der Waals surface area (Å²) < 4.78 is 10.3. The van der Waals surface area contributed by atoms with Crippen molar-refractivity contribution in [3.63, 3.8) is 0 Å². The lowest BCUT2D eigenvalue weighted by Crippen LogP contribution is -1.99. The highest BCUT2D eigenvalue weighted by molar-refractivity contribution is 6.66. The van der Waals surface area contributed by atoms with E-state index in [-0.39, 0.29) is 31.8 Å². The fourth-order valence-electron chi connectivity index (χ4n) is 2.54. The molecular weight excluding hydrogens is 539 g/mol. The first kappa shape index (κ1) is 24.9. The van der Waals surface area contributed by atoms with E-state index in [1.165, 1.54) is 20.5 Å². The van der Waals surface area contributed by atoms with Crippen LogP contribution < -0.4 is 9.47 Å². The van der Waals surface area contributed by atoms with Crippen molar-refractivity contribution in [3.8, 4) is 11.5 Å². The van der Waals surface area contributed by atoms with Crippen LogP contribution >= 0.6 is 69.6 Å². The lowest BCUT2D eigenvalue weighted by atomic mass is 10.2. The van der Waals surface area contributed by atoms with E-state index in [1.807, 2.05) is 0 Å². The van der Waals surface area contributed by atoms with E-state index in [9.17, 15) is 0 Å². The first-order valence-electron chi connectivity index (χ1n) is 8.75. The van der Waals surface area contributed by atoms with E-state index < -0.39 is 0 Å². The number of ether oxygens (including phenoxy) is 2. The fraction of sp³-hybridized carbons (Fsp3) is 0.0952. The maximum absolute atomic E-state index is 6.45. The number of benzene rings is 2. The van der Waals surface area contributed by atoms with Crippen LogP contribution in [0.1, 0.15) is 22.8 Å². The number of aromatic nitrogens is 3. The zero-order valence-electron chi connectivity index (χ0n) is 16.5. The standard InChI is InChI=1S/C21H13Cl6N3O2/c1-31-10-3-5-12(14(22)7-10)16(24)18(26)20-28-9-29-21(30-20)19(27)17(25)13-6-4-11(32-2)8-15(13)23/h3-9H,1-2H3. The molecule has 0 radical (unpaired) electrons. The van der Waals surface area contributed by atoms with Crippen LogP contribution in [0.15, 0.2) is 42.7 Å². The molecule has 1 heterocycles. The van der Waals surface area contributed by atoms with Gasteiger partial charge in [0.05, 0.1) is 34.3 Å². The molecule has 0 unspecified atom stereocenters. The Kier molecular flexibility index (Phi) is 8.50. The van der Waals surface area contributed by atoms with Crippen molar-refractivity contribution in [1.29, 1.82) is 0 Å². The minimum Gasteiger partial charge on any atom is -0.497 e. The molecule has 0 saturated carbocycles. The number of nitrogens with zero attached hydrogens (tertiary/aromatic N) is 3. The summed E-state index contributed by atoms with van der Waals surface area (Å²) in [4.78, 5) is 12.4. The molecule has 5 nitrogen and oxygen atoms in total. The average molecular weight is 552 g/mol. The van der Waals surface area contributed by atoms with Gasteiger partial charge in [-0.2, -0.15) is 0 Å². The molecule has 3 aromatic rings. The number of hydrogen-bond acceptors (Lipinski definition) is 5. The number of hydrogen-bond donors (Lipinski definition) is 0. The molecule has 166 valence electrons. The maximum Gasteiger partial charge on any atom is 0.176 e. The zero-order valence-corrected chi connectivity index (χ0v) is 21.0. The molecule has 11 heteroatoms. The van der Waals surface area contributed by atoms with Crippen molar-refractivity contribution in [2.75, 3.05) is 14.2 Å². The Morgan fingerprint density at radius 3 is 1.41 bits per heavy atom. The summed E-state index contributed by atoms with van der Waals surface area (Å²) in [6.45, 7) is 0. The van der Waals surface area contributed by atoms with Crippen LogP contribution in [0.25, 0.3) is 20.1 Å². The minimum absolute atomic E-state index is 0.0467. The van der Waals surface area contributed by atoms with Crippen LogP contribution in [0, 0.1) is 0 Å². The van der Waals surface area contributed by atoms with Gasteiger partial charge in [-0.1, -0.05) is 69.6 Å². The second-order valence-corrected chi connectivity index (χ2v) is 8.41. The van der Waals surface area contributed by atoms with Gasteiger partial charge in [0.25, 0.3) is 0 Å². The summed E-state index contributed by atoms with van der Waals surface area (Å²) in [7, 11) is 3.06. The normalized spacial score (nSPS) is 12.8. The van der Waals surface area contributed by atoms with E-state index in [1.54, 1.807) is 36.4 Å². The fourth-order valence-corrected chi connectivity index (χ4v) is 4.05. The van der Waals surface area contributed by atoms with Crippen LogP contribution in [0.2, 0.25) is 10.0 Å². The Morgan fingerprint density at radius 2 is 1.06 bits per heavy atom. The predicted molar refractivity (Wildman–Crippen MR) is 133 cm³/mol. The number of rotatable bonds is 6. The summed E-state index contributed by atoms with van der Waals surface area (Å²) in [5.74, 6) is 1.31. The third-order valence-corrected chi connectivity index (χ3v) is 6.50. The smallest absolute Gasteiger partial charge is 0.176 e. The van der Waals surface area contributed by atoms with Crippen molar-refractivity contribution in [1.82, 2.24) is 15.0 Å². The molecule has 0 aliphatic carbocycles. The van der Waals surface area contributed by atoms with Gasteiger partial charge in [0, 0.05) is 11.1 Å². The van der Waals surface area contributed by atoms with Crippen LogP contribution in [0.3, 0.4) is 0 Å². The van der Waals surface area contributed by atoms with Gasteiger partial charge in [-0.25, -0.2) is 15.0 Å². The summed E-state index contributed by atoms with van der Waals surface area (Å²) in [5, 5.41) is 1.06. The maximum atomic E-state index is 6.45. The van der Waals surface area contributed by atoms with E-state index in [4.69, 9.17) is 79.1 Å². The van der Waals surface area contributed by atoms with E-state index in [0.717, 1.165) is 0 Å². The first-order chi connectivity index (χ1) is 15.3. The van der Waals surface area contributed by atoms with Crippen molar-refractivity contribution >= 4 is 89.7 Å². The SMILES string of the molecule is COc1ccc(C(Cl)=C(Cl)c2ncnc(C(Cl)=C(Cl)c3ccc(OC)cc3Cl)n2)c(Cl)c1. The molecule has 0 amide bonds. The van der Waals surface area contributed by atoms with Crippen molar-refractivity contribution in [2.24, 2.45) is 0 Å². The Morgan fingerprint density at radius 1 is 0.656 bits per heavy atom. The monoisotopic (exact) mass is 549 g/mol. The van der Waals surface area contributed by atoms with Gasteiger partial charge in [0.1, 0.15) is 27.9 Å². The lowest BCUT2D eigenvalue weighted by Gasteiger charge is -2.09. The third kappa shape index (κ3) is 5.42. The molecule has 1 aromatic heterocycles. The minimum atomic E-state index is 0.0467. The molecule has 0 aliphatic rings. The second-order valence-electron chi connectivity index (χ2n) is 6.08. The van der Waals surface area contributed by atoms with Crippen molar-refractivity contribution < 1.29 is 9.47 Å². The van der Waals surface area contributed by atoms with Crippen LogP contribution in [-0.4, -0.2) is 29.2 Å². The molecule has 0 saturated heterocycles. The molecule has 3 rings (SSSR count). The molecule has 0 atom stereocenters.